The molecule has 1 heterocycles. The normalized spacial score (nSPS) is 48.5. The molecule has 0 aliphatic heterocycles. The molecule has 40 heavy (non-hydrogen) atoms. The van der Waals surface area contributed by atoms with Gasteiger partial charge in [0, 0.05) is 0 Å². The number of carboxylic acids is 1. The van der Waals surface area contributed by atoms with Gasteiger partial charge in [0.1, 0.15) is 5.76 Å². The summed E-state index contributed by atoms with van der Waals surface area (Å²) in [5.74, 6) is 2.12. The quantitative estimate of drug-likeness (QED) is 0.334. The van der Waals surface area contributed by atoms with Gasteiger partial charge in [-0.15, -0.1) is 0 Å². The van der Waals surface area contributed by atoms with Gasteiger partial charge in [0.25, 0.3) is 0 Å². The zero-order valence-corrected chi connectivity index (χ0v) is 26.9. The molecule has 1 aromatic rings. The maximum absolute atomic E-state index is 12.9. The minimum Gasteiger partial charge on any atom is -0.481 e. The van der Waals surface area contributed by atoms with Gasteiger partial charge in [-0.25, -0.2) is 0 Å². The molecule has 5 fully saturated rings. The second-order valence-electron chi connectivity index (χ2n) is 15.9. The Bertz CT molecular complexity index is 1260. The van der Waals surface area contributed by atoms with Crippen LogP contribution in [-0.4, -0.2) is 22.3 Å². The lowest BCUT2D eigenvalue weighted by atomic mass is 9.32. The van der Waals surface area contributed by atoms with Gasteiger partial charge in [-0.3, -0.25) is 4.79 Å². The van der Waals surface area contributed by atoms with E-state index in [2.05, 4.69) is 70.1 Å². The molecule has 5 aliphatic rings. The highest BCUT2D eigenvalue weighted by Gasteiger charge is 2.72. The number of rotatable bonds is 3. The van der Waals surface area contributed by atoms with E-state index in [0.717, 1.165) is 69.1 Å². The van der Waals surface area contributed by atoms with Gasteiger partial charge in [0.15, 0.2) is 4.67 Å². The van der Waals surface area contributed by atoms with Crippen molar-refractivity contribution in [3.63, 3.8) is 0 Å². The van der Waals surface area contributed by atoms with Crippen LogP contribution in [0.5, 0.6) is 0 Å². The first-order valence-corrected chi connectivity index (χ1v) is 16.4. The Morgan fingerprint density at radius 1 is 1.00 bits per heavy atom. The Labute approximate surface area is 249 Å². The number of allylic oxidation sites excluding steroid dienone is 1. The molecular formula is C35H49BrO4. The van der Waals surface area contributed by atoms with Crippen molar-refractivity contribution in [1.82, 2.24) is 0 Å². The Kier molecular flexibility index (Phi) is 6.54. The summed E-state index contributed by atoms with van der Waals surface area (Å²) >= 11 is 3.44. The highest BCUT2D eigenvalue weighted by atomic mass is 79.9. The van der Waals surface area contributed by atoms with E-state index in [0.29, 0.717) is 28.3 Å². The lowest BCUT2D eigenvalue weighted by Crippen LogP contribution is -2.67. The van der Waals surface area contributed by atoms with Crippen LogP contribution in [0, 0.1) is 56.7 Å². The van der Waals surface area contributed by atoms with Crippen molar-refractivity contribution in [2.75, 3.05) is 0 Å². The predicted molar refractivity (Wildman–Crippen MR) is 162 cm³/mol. The molecule has 220 valence electrons. The molecule has 4 nitrogen and oxygen atoms in total. The zero-order valence-electron chi connectivity index (χ0n) is 25.4. The molecule has 0 spiro atoms. The molecule has 10 atom stereocenters. The number of hydrogen-bond donors (Lipinski definition) is 2. The lowest BCUT2D eigenvalue weighted by molar-refractivity contribution is -0.240. The van der Waals surface area contributed by atoms with Crippen LogP contribution in [0.2, 0.25) is 0 Å². The molecule has 2 N–H and O–H groups in total. The van der Waals surface area contributed by atoms with E-state index in [1.165, 1.54) is 5.57 Å². The van der Waals surface area contributed by atoms with Crippen molar-refractivity contribution in [2.45, 2.75) is 105 Å². The van der Waals surface area contributed by atoms with Gasteiger partial charge in [0.2, 0.25) is 0 Å². The number of aliphatic hydroxyl groups excluding tert-OH is 1. The fourth-order valence-corrected chi connectivity index (χ4v) is 12.6. The van der Waals surface area contributed by atoms with Crippen LogP contribution < -0.4 is 0 Å². The van der Waals surface area contributed by atoms with E-state index >= 15 is 0 Å². The van der Waals surface area contributed by atoms with Gasteiger partial charge < -0.3 is 14.6 Å². The van der Waals surface area contributed by atoms with E-state index in [1.54, 1.807) is 0 Å². The van der Waals surface area contributed by atoms with Gasteiger partial charge in [-0.05, 0) is 156 Å². The number of carboxylic acid groups (broad SMARTS) is 1. The average molecular weight is 614 g/mol. The van der Waals surface area contributed by atoms with Crippen LogP contribution in [0.15, 0.2) is 38.9 Å². The summed E-state index contributed by atoms with van der Waals surface area (Å²) in [6, 6.07) is 3.89. The molecule has 0 aromatic carbocycles. The summed E-state index contributed by atoms with van der Waals surface area (Å²) in [5.41, 5.74) is 1.75. The molecular weight excluding hydrogens is 564 g/mol. The highest BCUT2D eigenvalue weighted by Crippen LogP contribution is 2.77. The Morgan fingerprint density at radius 2 is 1.73 bits per heavy atom. The second-order valence-corrected chi connectivity index (χ2v) is 16.7. The number of carbonyl (C=O) groups is 1. The second kappa shape index (κ2) is 9.09. The van der Waals surface area contributed by atoms with Crippen molar-refractivity contribution < 1.29 is 19.4 Å². The summed E-state index contributed by atoms with van der Waals surface area (Å²) in [7, 11) is 0. The summed E-state index contributed by atoms with van der Waals surface area (Å²) in [6.07, 6.45) is 10.6. The molecule has 0 amide bonds. The first-order chi connectivity index (χ1) is 18.6. The maximum atomic E-state index is 12.9. The number of aliphatic carboxylic acids is 1. The average Bonchev–Trinajstić information content (AvgIpc) is 3.47. The molecule has 0 radical (unpaired) electrons. The molecule has 5 saturated carbocycles. The van der Waals surface area contributed by atoms with Crippen molar-refractivity contribution in [2.24, 2.45) is 56.7 Å². The number of halogens is 1. The number of hydrogen-bond acceptors (Lipinski definition) is 3. The summed E-state index contributed by atoms with van der Waals surface area (Å²) in [4.78, 5) is 12.9. The third-order valence-electron chi connectivity index (χ3n) is 14.2. The van der Waals surface area contributed by atoms with Gasteiger partial charge >= 0.3 is 5.97 Å². The van der Waals surface area contributed by atoms with Crippen LogP contribution in [0.4, 0.5) is 0 Å². The zero-order chi connectivity index (χ0) is 29.0. The molecule has 5 heteroatoms. The van der Waals surface area contributed by atoms with E-state index < -0.39 is 17.5 Å². The molecule has 5 aliphatic carbocycles. The largest absolute Gasteiger partial charge is 0.481 e. The fraction of sp³-hybridized carbons (Fsp3) is 0.743. The van der Waals surface area contributed by atoms with Crippen molar-refractivity contribution >= 4 is 28.0 Å². The Morgan fingerprint density at radius 3 is 2.35 bits per heavy atom. The van der Waals surface area contributed by atoms with E-state index in [4.69, 9.17) is 4.42 Å². The SMILES string of the molecule is C=C(C)[C@@H]1CC[C@]2(C(=O)O)CC[C@]3(C)[C@H](CC[C@@H]4[C@@]5(C)C/C(=C\c6ccc(Br)o6)[C@H](O)C(C)(C)[C@@H]5CC[C@]43C)[C@@H]12. The van der Waals surface area contributed by atoms with Crippen LogP contribution in [0.3, 0.4) is 0 Å². The van der Waals surface area contributed by atoms with Crippen molar-refractivity contribution in [3.05, 3.63) is 40.3 Å². The fourth-order valence-electron chi connectivity index (χ4n) is 12.3. The van der Waals surface area contributed by atoms with Gasteiger partial charge in [0.05, 0.1) is 11.5 Å². The van der Waals surface area contributed by atoms with E-state index in [9.17, 15) is 15.0 Å². The molecule has 1 aromatic heterocycles. The van der Waals surface area contributed by atoms with E-state index in [-0.39, 0.29) is 27.6 Å². The van der Waals surface area contributed by atoms with Gasteiger partial charge in [-0.2, -0.15) is 0 Å². The number of aliphatic hydroxyl groups is 1. The van der Waals surface area contributed by atoms with Crippen molar-refractivity contribution in [3.8, 4) is 0 Å². The maximum Gasteiger partial charge on any atom is 0.309 e. The third kappa shape index (κ3) is 3.61. The first-order valence-electron chi connectivity index (χ1n) is 15.6. The minimum absolute atomic E-state index is 0.0597. The molecule has 0 bridgehead atoms. The summed E-state index contributed by atoms with van der Waals surface area (Å²) in [5, 5.41) is 22.3. The molecule has 0 unspecified atom stereocenters. The molecule has 0 saturated heterocycles. The van der Waals surface area contributed by atoms with Gasteiger partial charge in [-0.1, -0.05) is 46.8 Å². The van der Waals surface area contributed by atoms with Crippen molar-refractivity contribution in [1.29, 1.82) is 0 Å². The Hall–Kier alpha value is -1.33. The van der Waals surface area contributed by atoms with Crippen LogP contribution >= 0.6 is 15.9 Å². The van der Waals surface area contributed by atoms with Crippen LogP contribution in [0.1, 0.15) is 105 Å². The third-order valence-corrected chi connectivity index (χ3v) is 14.6. The smallest absolute Gasteiger partial charge is 0.309 e. The summed E-state index contributed by atoms with van der Waals surface area (Å²) in [6.45, 7) is 18.7. The monoisotopic (exact) mass is 612 g/mol. The van der Waals surface area contributed by atoms with Crippen LogP contribution in [-0.2, 0) is 4.79 Å². The summed E-state index contributed by atoms with van der Waals surface area (Å²) < 4.78 is 6.56. The van der Waals surface area contributed by atoms with Crippen LogP contribution in [0.25, 0.3) is 6.08 Å². The first kappa shape index (κ1) is 28.8. The topological polar surface area (TPSA) is 70.7 Å². The Balaban J connectivity index is 1.41. The van der Waals surface area contributed by atoms with E-state index in [1.807, 2.05) is 12.1 Å². The number of fused-ring (bicyclic) bond motifs is 7. The minimum atomic E-state index is -0.581. The lowest BCUT2D eigenvalue weighted by Gasteiger charge is -2.72. The standard InChI is InChI=1S/C35H49BrO4/c1-20(2)23-12-15-35(30(38)39)17-16-33(6)24(28(23)35)9-10-26-32(5)19-21(18-22-8-11-27(36)40-22)29(37)31(3,4)25(32)13-14-34(26,33)7/h8,11,18,23-26,28-29,37H,1,9-10,12-17,19H2,2-7H3,(H,38,39)/b21-18+/t23-,24+,25-,26+,28+,29-,32-,33+,34+,35-/m0/s1. The predicted octanol–water partition coefficient (Wildman–Crippen LogP) is 9.14. The highest BCUT2D eigenvalue weighted by molar-refractivity contribution is 9.10. The molecule has 6 rings (SSSR count). The number of furan rings is 1.